The summed E-state index contributed by atoms with van der Waals surface area (Å²) in [6.45, 7) is 3.45. The van der Waals surface area contributed by atoms with Gasteiger partial charge in [-0.05, 0) is 38.5 Å². The number of carbonyl (C=O) groups excluding carboxylic acids is 1. The zero-order valence-electron chi connectivity index (χ0n) is 44.8. The molecule has 1 fully saturated rings. The smallest absolute Gasteiger partial charge is 0.249 e. The number of aliphatic hydroxyl groups excluding tert-OH is 7. The number of allylic oxidation sites excluding steroid dienone is 2. The number of rotatable bonds is 51. The minimum absolute atomic E-state index is 0.264. The Morgan fingerprint density at radius 1 is 0.493 bits per heavy atom. The Kier molecular flexibility index (Phi) is 45.7. The van der Waals surface area contributed by atoms with Gasteiger partial charge in [0.2, 0.25) is 5.91 Å². The summed E-state index contributed by atoms with van der Waals surface area (Å²) in [5.41, 5.74) is 0. The molecule has 410 valence electrons. The molecule has 0 aromatic rings. The Labute approximate surface area is 423 Å². The molecule has 0 aromatic heterocycles. The lowest BCUT2D eigenvalue weighted by Crippen LogP contribution is -2.60. The molecule has 11 nitrogen and oxygen atoms in total. The molecule has 9 unspecified atom stereocenters. The number of hydrogen-bond acceptors (Lipinski definition) is 10. The Hall–Kier alpha value is -1.15. The van der Waals surface area contributed by atoms with Gasteiger partial charge in [-0.2, -0.15) is 0 Å². The first-order chi connectivity index (χ1) is 33.7. The summed E-state index contributed by atoms with van der Waals surface area (Å²) in [4.78, 5) is 13.1. The second-order valence-corrected chi connectivity index (χ2v) is 21.1. The van der Waals surface area contributed by atoms with Crippen LogP contribution in [0.2, 0.25) is 0 Å². The van der Waals surface area contributed by atoms with Crippen molar-refractivity contribution in [1.29, 1.82) is 0 Å². The van der Waals surface area contributed by atoms with Crippen LogP contribution in [0.4, 0.5) is 0 Å². The van der Waals surface area contributed by atoms with Gasteiger partial charge in [-0.1, -0.05) is 257 Å². The lowest BCUT2D eigenvalue weighted by Gasteiger charge is -2.40. The molecule has 1 saturated heterocycles. The van der Waals surface area contributed by atoms with E-state index in [4.69, 9.17) is 9.47 Å². The molecule has 1 heterocycles. The van der Waals surface area contributed by atoms with E-state index in [1.54, 1.807) is 0 Å². The first kappa shape index (κ1) is 65.9. The average Bonchev–Trinajstić information content (AvgIpc) is 3.35. The van der Waals surface area contributed by atoms with E-state index in [9.17, 15) is 40.5 Å². The van der Waals surface area contributed by atoms with Crippen LogP contribution in [0, 0.1) is 0 Å². The van der Waals surface area contributed by atoms with Gasteiger partial charge in [-0.15, -0.1) is 0 Å². The molecular weight excluding hydrogens is 871 g/mol. The topological polar surface area (TPSA) is 189 Å². The summed E-state index contributed by atoms with van der Waals surface area (Å²) in [6.07, 6.45) is 44.5. The van der Waals surface area contributed by atoms with Crippen molar-refractivity contribution in [3.63, 3.8) is 0 Å². The van der Waals surface area contributed by atoms with E-state index in [0.717, 1.165) is 38.5 Å². The minimum Gasteiger partial charge on any atom is -0.394 e. The number of carbonyl (C=O) groups is 1. The van der Waals surface area contributed by atoms with Crippen LogP contribution in [0.3, 0.4) is 0 Å². The van der Waals surface area contributed by atoms with Crippen LogP contribution in [0.5, 0.6) is 0 Å². The maximum absolute atomic E-state index is 13.1. The molecular formula is C58H113NO10. The van der Waals surface area contributed by atoms with Gasteiger partial charge >= 0.3 is 0 Å². The molecule has 11 heteroatoms. The zero-order valence-corrected chi connectivity index (χ0v) is 44.8. The molecule has 0 aliphatic carbocycles. The van der Waals surface area contributed by atoms with E-state index in [-0.39, 0.29) is 6.42 Å². The highest BCUT2D eigenvalue weighted by Gasteiger charge is 2.44. The largest absolute Gasteiger partial charge is 0.394 e. The summed E-state index contributed by atoms with van der Waals surface area (Å²) in [7, 11) is 0. The Balaban J connectivity index is 2.15. The van der Waals surface area contributed by atoms with Crippen molar-refractivity contribution in [2.75, 3.05) is 13.2 Å². The highest BCUT2D eigenvalue weighted by Crippen LogP contribution is 2.24. The van der Waals surface area contributed by atoms with Crippen LogP contribution in [0.1, 0.15) is 284 Å². The molecule has 0 aromatic carbocycles. The van der Waals surface area contributed by atoms with Crippen molar-refractivity contribution in [2.45, 2.75) is 339 Å². The average molecular weight is 985 g/mol. The number of aliphatic hydroxyl groups is 7. The highest BCUT2D eigenvalue weighted by molar-refractivity contribution is 5.80. The van der Waals surface area contributed by atoms with Gasteiger partial charge < -0.3 is 50.5 Å². The molecule has 1 rings (SSSR count). The molecule has 0 saturated carbocycles. The minimum atomic E-state index is -1.66. The molecule has 0 bridgehead atoms. The number of hydrogen-bond donors (Lipinski definition) is 8. The lowest BCUT2D eigenvalue weighted by atomic mass is 9.98. The van der Waals surface area contributed by atoms with E-state index in [1.165, 1.54) is 205 Å². The monoisotopic (exact) mass is 984 g/mol. The lowest BCUT2D eigenvalue weighted by molar-refractivity contribution is -0.303. The van der Waals surface area contributed by atoms with Crippen LogP contribution >= 0.6 is 0 Å². The van der Waals surface area contributed by atoms with Crippen LogP contribution in [0.25, 0.3) is 0 Å². The van der Waals surface area contributed by atoms with E-state index in [0.29, 0.717) is 19.3 Å². The Bertz CT molecular complexity index is 1130. The van der Waals surface area contributed by atoms with Crippen LogP contribution in [-0.4, -0.2) is 110 Å². The van der Waals surface area contributed by atoms with Gasteiger partial charge in [-0.3, -0.25) is 4.79 Å². The fraction of sp³-hybridized carbons (Fsp3) is 0.948. The third-order valence-electron chi connectivity index (χ3n) is 14.6. The van der Waals surface area contributed by atoms with Crippen molar-refractivity contribution >= 4 is 5.91 Å². The SMILES string of the molecule is CCCCCCCCCCCCCC/C=C\CCCCCCCCCCCCCCCCCCC(O)C(=O)NC(COC1OC(CO)C(O)C(O)C1O)C(O)C(O)CCCCCCCCCCCC. The molecule has 1 aliphatic rings. The first-order valence-electron chi connectivity index (χ1n) is 29.6. The second kappa shape index (κ2) is 47.8. The quantitative estimate of drug-likeness (QED) is 0.0215. The predicted octanol–water partition coefficient (Wildman–Crippen LogP) is 12.4. The molecule has 69 heavy (non-hydrogen) atoms. The summed E-state index contributed by atoms with van der Waals surface area (Å²) in [6, 6.07) is -1.16. The summed E-state index contributed by atoms with van der Waals surface area (Å²) in [5, 5.41) is 75.9. The van der Waals surface area contributed by atoms with E-state index in [2.05, 4.69) is 31.3 Å². The zero-order chi connectivity index (χ0) is 50.4. The summed E-state index contributed by atoms with van der Waals surface area (Å²) >= 11 is 0. The van der Waals surface area contributed by atoms with E-state index >= 15 is 0 Å². The van der Waals surface area contributed by atoms with Crippen molar-refractivity contribution in [3.8, 4) is 0 Å². The molecule has 8 N–H and O–H groups in total. The number of ether oxygens (including phenoxy) is 2. The maximum atomic E-state index is 13.1. The predicted molar refractivity (Wildman–Crippen MR) is 284 cm³/mol. The van der Waals surface area contributed by atoms with Crippen LogP contribution < -0.4 is 5.32 Å². The fourth-order valence-corrected chi connectivity index (χ4v) is 9.73. The van der Waals surface area contributed by atoms with Gasteiger partial charge in [-0.25, -0.2) is 0 Å². The molecule has 1 amide bonds. The number of amides is 1. The van der Waals surface area contributed by atoms with Gasteiger partial charge in [0.25, 0.3) is 0 Å². The first-order valence-corrected chi connectivity index (χ1v) is 29.6. The summed E-state index contributed by atoms with van der Waals surface area (Å²) < 4.78 is 11.1. The Morgan fingerprint density at radius 3 is 1.22 bits per heavy atom. The van der Waals surface area contributed by atoms with Crippen molar-refractivity contribution in [3.05, 3.63) is 12.2 Å². The van der Waals surface area contributed by atoms with Crippen LogP contribution in [-0.2, 0) is 14.3 Å². The van der Waals surface area contributed by atoms with Crippen molar-refractivity contribution in [2.24, 2.45) is 0 Å². The van der Waals surface area contributed by atoms with E-state index < -0.39 is 74.2 Å². The number of unbranched alkanes of at least 4 members (excludes halogenated alkanes) is 37. The van der Waals surface area contributed by atoms with Crippen molar-refractivity contribution < 1.29 is 50.0 Å². The standard InChI is InChI=1S/C58H113NO10/c1-3-5-7-9-11-13-15-16-17-18-19-20-21-22-23-24-25-26-27-28-29-30-31-32-33-34-35-36-38-40-42-44-46-51(62)57(67)59-49(48-68-58-56(66)55(65)54(64)52(47-60)69-58)53(63)50(61)45-43-41-39-37-14-12-10-8-6-4-2/h22-23,49-56,58,60-66H,3-21,24-48H2,1-2H3,(H,59,67)/b23-22-. The molecule has 0 radical (unpaired) electrons. The second-order valence-electron chi connectivity index (χ2n) is 21.1. The molecule has 9 atom stereocenters. The van der Waals surface area contributed by atoms with Gasteiger partial charge in [0.05, 0.1) is 25.4 Å². The van der Waals surface area contributed by atoms with Gasteiger partial charge in [0.1, 0.15) is 36.6 Å². The Morgan fingerprint density at radius 2 is 0.841 bits per heavy atom. The van der Waals surface area contributed by atoms with Crippen LogP contribution in [0.15, 0.2) is 12.2 Å². The molecule has 1 aliphatic heterocycles. The van der Waals surface area contributed by atoms with Crippen molar-refractivity contribution in [1.82, 2.24) is 5.32 Å². The number of nitrogens with one attached hydrogen (secondary N) is 1. The normalized spacial score (nSPS) is 20.4. The van der Waals surface area contributed by atoms with Gasteiger partial charge in [0.15, 0.2) is 6.29 Å². The van der Waals surface area contributed by atoms with E-state index in [1.807, 2.05) is 0 Å². The maximum Gasteiger partial charge on any atom is 0.249 e. The summed E-state index contributed by atoms with van der Waals surface area (Å²) in [5.74, 6) is -0.694. The van der Waals surface area contributed by atoms with Gasteiger partial charge in [0, 0.05) is 0 Å². The highest BCUT2D eigenvalue weighted by atomic mass is 16.7. The third kappa shape index (κ3) is 36.4. The molecule has 0 spiro atoms. The fourth-order valence-electron chi connectivity index (χ4n) is 9.73. The third-order valence-corrected chi connectivity index (χ3v) is 14.6.